The number of methoxy groups -OCH3 is 1. The SMILES string of the molecule is COc1cc(Nc2nc(-c3ccccc3)c3cc(Cl)ccc3n2)ccc1O. The Labute approximate surface area is 161 Å². The van der Waals surface area contributed by atoms with Crippen molar-refractivity contribution in [1.29, 1.82) is 0 Å². The molecule has 6 heteroatoms. The van der Waals surface area contributed by atoms with Gasteiger partial charge in [-0.05, 0) is 30.3 Å². The van der Waals surface area contributed by atoms with E-state index in [1.165, 1.54) is 7.11 Å². The molecule has 2 N–H and O–H groups in total. The van der Waals surface area contributed by atoms with Crippen molar-refractivity contribution in [3.05, 3.63) is 71.8 Å². The molecule has 4 rings (SSSR count). The molecule has 3 aromatic carbocycles. The van der Waals surface area contributed by atoms with E-state index in [-0.39, 0.29) is 5.75 Å². The van der Waals surface area contributed by atoms with Gasteiger partial charge in [0.1, 0.15) is 0 Å². The molecule has 27 heavy (non-hydrogen) atoms. The Bertz CT molecular complexity index is 1120. The molecule has 0 atom stereocenters. The molecule has 134 valence electrons. The minimum absolute atomic E-state index is 0.0714. The van der Waals surface area contributed by atoms with Crippen LogP contribution in [-0.4, -0.2) is 22.2 Å². The maximum Gasteiger partial charge on any atom is 0.228 e. The first-order chi connectivity index (χ1) is 13.1. The summed E-state index contributed by atoms with van der Waals surface area (Å²) in [5, 5.41) is 14.5. The molecular weight excluding hydrogens is 362 g/mol. The highest BCUT2D eigenvalue weighted by molar-refractivity contribution is 6.31. The second kappa shape index (κ2) is 7.13. The maximum absolute atomic E-state index is 9.76. The average molecular weight is 378 g/mol. The molecule has 0 saturated carbocycles. The first kappa shape index (κ1) is 17.1. The standard InChI is InChI=1S/C21H16ClN3O2/c1-27-19-12-15(8-10-18(19)26)23-21-24-17-9-7-14(22)11-16(17)20(25-21)13-5-3-2-4-6-13/h2-12,26H,1H3,(H,23,24,25). The third kappa shape index (κ3) is 3.50. The van der Waals surface area contributed by atoms with Gasteiger partial charge >= 0.3 is 0 Å². The lowest BCUT2D eigenvalue weighted by molar-refractivity contribution is 0.374. The number of ether oxygens (including phenoxy) is 1. The van der Waals surface area contributed by atoms with Crippen LogP contribution in [0.1, 0.15) is 0 Å². The van der Waals surface area contributed by atoms with Gasteiger partial charge in [0.2, 0.25) is 5.95 Å². The lowest BCUT2D eigenvalue weighted by atomic mass is 10.1. The van der Waals surface area contributed by atoms with Gasteiger partial charge in [0.05, 0.1) is 18.3 Å². The molecule has 1 heterocycles. The van der Waals surface area contributed by atoms with E-state index in [9.17, 15) is 5.11 Å². The van der Waals surface area contributed by atoms with Crippen LogP contribution in [0.15, 0.2) is 66.7 Å². The number of nitrogens with zero attached hydrogens (tertiary/aromatic N) is 2. The number of fused-ring (bicyclic) bond motifs is 1. The van der Waals surface area contributed by atoms with E-state index in [1.54, 1.807) is 24.3 Å². The van der Waals surface area contributed by atoms with Crippen LogP contribution < -0.4 is 10.1 Å². The van der Waals surface area contributed by atoms with Crippen LogP contribution in [0.25, 0.3) is 22.2 Å². The zero-order valence-corrected chi connectivity index (χ0v) is 15.2. The summed E-state index contributed by atoms with van der Waals surface area (Å²) in [6, 6.07) is 20.4. The number of aromatic nitrogens is 2. The van der Waals surface area contributed by atoms with E-state index in [0.29, 0.717) is 22.4 Å². The number of phenolic OH excluding ortho intramolecular Hbond substituents is 1. The Balaban J connectivity index is 1.83. The molecule has 0 bridgehead atoms. The fraction of sp³-hybridized carbons (Fsp3) is 0.0476. The van der Waals surface area contributed by atoms with Crippen molar-refractivity contribution in [2.45, 2.75) is 0 Å². The minimum atomic E-state index is 0.0714. The van der Waals surface area contributed by atoms with E-state index in [0.717, 1.165) is 22.2 Å². The highest BCUT2D eigenvalue weighted by atomic mass is 35.5. The normalized spacial score (nSPS) is 10.7. The molecule has 0 aliphatic carbocycles. The number of hydrogen-bond acceptors (Lipinski definition) is 5. The van der Waals surface area contributed by atoms with Crippen LogP contribution in [0, 0.1) is 0 Å². The third-order valence-electron chi connectivity index (χ3n) is 4.14. The van der Waals surface area contributed by atoms with E-state index in [1.807, 2.05) is 42.5 Å². The molecule has 0 aliphatic rings. The monoisotopic (exact) mass is 377 g/mol. The Hall–Kier alpha value is -3.31. The summed E-state index contributed by atoms with van der Waals surface area (Å²) in [7, 11) is 1.50. The molecule has 0 aliphatic heterocycles. The smallest absolute Gasteiger partial charge is 0.228 e. The second-order valence-electron chi connectivity index (χ2n) is 5.93. The molecule has 0 radical (unpaired) electrons. The van der Waals surface area contributed by atoms with Crippen LogP contribution in [-0.2, 0) is 0 Å². The van der Waals surface area contributed by atoms with Crippen molar-refractivity contribution in [3.8, 4) is 22.8 Å². The highest BCUT2D eigenvalue weighted by Crippen LogP contribution is 2.32. The Morgan fingerprint density at radius 2 is 1.78 bits per heavy atom. The molecule has 4 aromatic rings. The maximum atomic E-state index is 9.76. The van der Waals surface area contributed by atoms with Gasteiger partial charge in [-0.25, -0.2) is 9.97 Å². The van der Waals surface area contributed by atoms with Crippen molar-refractivity contribution >= 4 is 34.1 Å². The summed E-state index contributed by atoms with van der Waals surface area (Å²) < 4.78 is 5.15. The van der Waals surface area contributed by atoms with Gasteiger partial charge in [0, 0.05) is 27.7 Å². The third-order valence-corrected chi connectivity index (χ3v) is 4.38. The molecule has 0 unspecified atom stereocenters. The van der Waals surface area contributed by atoms with E-state index >= 15 is 0 Å². The zero-order valence-electron chi connectivity index (χ0n) is 14.5. The molecule has 1 aromatic heterocycles. The van der Waals surface area contributed by atoms with Gasteiger partial charge in [-0.15, -0.1) is 0 Å². The molecule has 0 spiro atoms. The zero-order chi connectivity index (χ0) is 18.8. The fourth-order valence-corrected chi connectivity index (χ4v) is 3.03. The van der Waals surface area contributed by atoms with E-state index in [4.69, 9.17) is 21.3 Å². The van der Waals surface area contributed by atoms with Crippen LogP contribution in [0.5, 0.6) is 11.5 Å². The number of nitrogens with one attached hydrogen (secondary N) is 1. The average Bonchev–Trinajstić information content (AvgIpc) is 2.70. The van der Waals surface area contributed by atoms with Crippen molar-refractivity contribution in [2.24, 2.45) is 0 Å². The summed E-state index contributed by atoms with van der Waals surface area (Å²) in [6.45, 7) is 0. The number of phenols is 1. The summed E-state index contributed by atoms with van der Waals surface area (Å²) >= 11 is 6.19. The molecule has 0 saturated heterocycles. The van der Waals surface area contributed by atoms with E-state index in [2.05, 4.69) is 10.3 Å². The van der Waals surface area contributed by atoms with Gasteiger partial charge in [0.15, 0.2) is 11.5 Å². The first-order valence-corrected chi connectivity index (χ1v) is 8.68. The molecule has 0 fully saturated rings. The Morgan fingerprint density at radius 1 is 0.963 bits per heavy atom. The van der Waals surface area contributed by atoms with Crippen LogP contribution >= 0.6 is 11.6 Å². The molecular formula is C21H16ClN3O2. The van der Waals surface area contributed by atoms with Crippen molar-refractivity contribution < 1.29 is 9.84 Å². The number of benzene rings is 3. The van der Waals surface area contributed by atoms with Gasteiger partial charge < -0.3 is 15.2 Å². The van der Waals surface area contributed by atoms with Gasteiger partial charge in [-0.3, -0.25) is 0 Å². The van der Waals surface area contributed by atoms with Crippen LogP contribution in [0.3, 0.4) is 0 Å². The predicted octanol–water partition coefficient (Wildman–Crippen LogP) is 5.41. The Morgan fingerprint density at radius 3 is 2.56 bits per heavy atom. The molecule has 0 amide bonds. The van der Waals surface area contributed by atoms with Gasteiger partial charge in [-0.2, -0.15) is 0 Å². The highest BCUT2D eigenvalue weighted by Gasteiger charge is 2.11. The van der Waals surface area contributed by atoms with Crippen molar-refractivity contribution in [2.75, 3.05) is 12.4 Å². The van der Waals surface area contributed by atoms with Crippen LogP contribution in [0.2, 0.25) is 5.02 Å². The number of rotatable bonds is 4. The molecule has 5 nitrogen and oxygen atoms in total. The van der Waals surface area contributed by atoms with E-state index < -0.39 is 0 Å². The van der Waals surface area contributed by atoms with Crippen LogP contribution in [0.4, 0.5) is 11.6 Å². The first-order valence-electron chi connectivity index (χ1n) is 8.31. The number of aromatic hydroxyl groups is 1. The Kier molecular flexibility index (Phi) is 4.52. The second-order valence-corrected chi connectivity index (χ2v) is 6.37. The lowest BCUT2D eigenvalue weighted by Crippen LogP contribution is -2.00. The lowest BCUT2D eigenvalue weighted by Gasteiger charge is -2.12. The predicted molar refractivity (Wildman–Crippen MR) is 108 cm³/mol. The number of halogens is 1. The number of hydrogen-bond donors (Lipinski definition) is 2. The fourth-order valence-electron chi connectivity index (χ4n) is 2.86. The van der Waals surface area contributed by atoms with Crippen molar-refractivity contribution in [1.82, 2.24) is 9.97 Å². The summed E-state index contributed by atoms with van der Waals surface area (Å²) in [4.78, 5) is 9.29. The number of anilines is 2. The quantitative estimate of drug-likeness (QED) is 0.465. The summed E-state index contributed by atoms with van der Waals surface area (Å²) in [5.41, 5.74) is 3.24. The summed E-state index contributed by atoms with van der Waals surface area (Å²) in [5.74, 6) is 0.884. The van der Waals surface area contributed by atoms with Gasteiger partial charge in [0.25, 0.3) is 0 Å². The van der Waals surface area contributed by atoms with Crippen molar-refractivity contribution in [3.63, 3.8) is 0 Å². The topological polar surface area (TPSA) is 67.3 Å². The van der Waals surface area contributed by atoms with Gasteiger partial charge in [-0.1, -0.05) is 41.9 Å². The summed E-state index contributed by atoms with van der Waals surface area (Å²) in [6.07, 6.45) is 0. The minimum Gasteiger partial charge on any atom is -0.504 e. The largest absolute Gasteiger partial charge is 0.504 e.